The van der Waals surface area contributed by atoms with E-state index in [1.165, 1.54) is 7.11 Å². The van der Waals surface area contributed by atoms with E-state index in [0.717, 1.165) is 0 Å². The van der Waals surface area contributed by atoms with E-state index in [9.17, 15) is 14.7 Å². The van der Waals surface area contributed by atoms with Crippen LogP contribution in [-0.2, 0) is 9.53 Å². The predicted octanol–water partition coefficient (Wildman–Crippen LogP) is -1.62. The van der Waals surface area contributed by atoms with Gasteiger partial charge in [0.05, 0.1) is 6.61 Å². The van der Waals surface area contributed by atoms with Crippen molar-refractivity contribution >= 4 is 12.0 Å². The lowest BCUT2D eigenvalue weighted by molar-refractivity contribution is -0.250. The van der Waals surface area contributed by atoms with Crippen molar-refractivity contribution in [1.29, 1.82) is 5.53 Å². The third-order valence-electron chi connectivity index (χ3n) is 2.03. The molecule has 2 amide bonds. The zero-order valence-electron chi connectivity index (χ0n) is 10.1. The lowest BCUT2D eigenvalue weighted by Gasteiger charge is -2.09. The molecule has 0 saturated carbocycles. The molecule has 0 fully saturated rings. The van der Waals surface area contributed by atoms with Crippen LogP contribution in [0.3, 0.4) is 0 Å². The number of carbonyl (C=O) groups is 2. The molecule has 0 rings (SSSR count). The van der Waals surface area contributed by atoms with Crippen LogP contribution in [0, 0.1) is 5.53 Å². The minimum Gasteiger partial charge on any atom is -0.530 e. The van der Waals surface area contributed by atoms with Crippen molar-refractivity contribution in [1.82, 2.24) is 15.5 Å². The summed E-state index contributed by atoms with van der Waals surface area (Å²) in [5, 5.41) is 18.2. The summed E-state index contributed by atoms with van der Waals surface area (Å²) in [4.78, 5) is 24.5. The van der Waals surface area contributed by atoms with Crippen LogP contribution in [0.25, 0.3) is 0 Å². The molecule has 0 bridgehead atoms. The van der Waals surface area contributed by atoms with Crippen molar-refractivity contribution in [2.45, 2.75) is 18.9 Å². The number of carboxylic acid groups (broad SMARTS) is 1. The highest BCUT2D eigenvalue weighted by atomic mass is 16.5. The van der Waals surface area contributed by atoms with Crippen molar-refractivity contribution in [2.24, 2.45) is 5.11 Å². The van der Waals surface area contributed by atoms with E-state index in [0.29, 0.717) is 26.0 Å². The number of rotatable bonds is 9. The minimum absolute atomic E-state index is 0.164. The smallest absolute Gasteiger partial charge is 0.252 e. The summed E-state index contributed by atoms with van der Waals surface area (Å²) >= 11 is 0. The van der Waals surface area contributed by atoms with Gasteiger partial charge < -0.3 is 25.3 Å². The molecule has 0 aromatic heterocycles. The third kappa shape index (κ3) is 8.20. The molecule has 0 saturated heterocycles. The molecule has 0 aliphatic carbocycles. The van der Waals surface area contributed by atoms with Gasteiger partial charge in [-0.3, -0.25) is 4.79 Å². The summed E-state index contributed by atoms with van der Waals surface area (Å²) in [6.07, 6.45) is -0.671. The Labute approximate surface area is 104 Å². The molecule has 0 spiro atoms. The Morgan fingerprint density at radius 2 is 2.17 bits per heavy atom. The number of nitrogens with zero attached hydrogens (tertiary/aromatic N) is 2. The molecule has 3 N–H and O–H groups in total. The van der Waals surface area contributed by atoms with E-state index in [4.69, 9.17) is 10.3 Å². The molecule has 1 unspecified atom stereocenters. The Balaban J connectivity index is 4.00. The summed E-state index contributed by atoms with van der Waals surface area (Å²) < 4.78 is 4.77. The first-order valence-electron chi connectivity index (χ1n) is 5.40. The van der Waals surface area contributed by atoms with Crippen LogP contribution in [0.15, 0.2) is 5.11 Å². The maximum atomic E-state index is 11.6. The summed E-state index contributed by atoms with van der Waals surface area (Å²) in [6, 6.07) is -0.789. The van der Waals surface area contributed by atoms with Gasteiger partial charge in [-0.2, -0.15) is 0 Å². The molecule has 9 nitrogen and oxygen atoms in total. The normalized spacial score (nSPS) is 11.2. The average molecular weight is 259 g/mol. The van der Waals surface area contributed by atoms with Crippen LogP contribution in [0.4, 0.5) is 4.79 Å². The predicted molar refractivity (Wildman–Crippen MR) is 58.6 cm³/mol. The first-order valence-corrected chi connectivity index (χ1v) is 5.40. The second-order valence-corrected chi connectivity index (χ2v) is 3.37. The van der Waals surface area contributed by atoms with Gasteiger partial charge >= 0.3 is 0 Å². The number of ether oxygens (including phenoxy) is 1. The standard InChI is InChI=1S/C9H17N5O4/c1-18-6-5-11-8(15)7(13-14-10)3-2-4-12-9(16)17/h7,10,12H,2-6H2,1H3,(H-,11,15,16,17). The Hall–Kier alpha value is -1.99. The van der Waals surface area contributed by atoms with E-state index in [-0.39, 0.29) is 12.5 Å². The number of methoxy groups -OCH3 is 1. The highest BCUT2D eigenvalue weighted by Crippen LogP contribution is 2.01. The van der Waals surface area contributed by atoms with Crippen molar-refractivity contribution in [3.63, 3.8) is 0 Å². The second-order valence-electron chi connectivity index (χ2n) is 3.37. The molecule has 0 aliphatic heterocycles. The number of hydrogen-bond donors (Lipinski definition) is 3. The van der Waals surface area contributed by atoms with Crippen LogP contribution in [0.5, 0.6) is 0 Å². The van der Waals surface area contributed by atoms with Crippen LogP contribution in [0.2, 0.25) is 0 Å². The van der Waals surface area contributed by atoms with Crippen molar-refractivity contribution in [3.8, 4) is 0 Å². The zero-order valence-corrected chi connectivity index (χ0v) is 10.1. The Bertz CT molecular complexity index is 316. The molecule has 0 radical (unpaired) electrons. The monoisotopic (exact) mass is 259 g/mol. The molecule has 18 heavy (non-hydrogen) atoms. The minimum atomic E-state index is -1.36. The molecular weight excluding hydrogens is 242 g/mol. The van der Waals surface area contributed by atoms with Gasteiger partial charge in [0.1, 0.15) is 16.7 Å². The maximum absolute atomic E-state index is 11.6. The summed E-state index contributed by atoms with van der Waals surface area (Å²) in [6.45, 7) is 0.886. The molecule has 0 aromatic carbocycles. The highest BCUT2D eigenvalue weighted by Gasteiger charge is 2.21. The SMILES string of the molecule is COCCNC(=O)C(CCCNC(=O)[O-])N=[N+]=N. The molecule has 102 valence electrons. The van der Waals surface area contributed by atoms with Gasteiger partial charge in [-0.15, -0.1) is 0 Å². The van der Waals surface area contributed by atoms with E-state index < -0.39 is 12.1 Å². The first-order chi connectivity index (χ1) is 8.61. The molecular formula is C9H17N5O4. The van der Waals surface area contributed by atoms with Crippen molar-refractivity contribution < 1.29 is 19.4 Å². The molecule has 0 aliphatic rings. The maximum Gasteiger partial charge on any atom is 0.252 e. The van der Waals surface area contributed by atoms with Crippen LogP contribution in [0.1, 0.15) is 12.8 Å². The Morgan fingerprint density at radius 1 is 1.44 bits per heavy atom. The van der Waals surface area contributed by atoms with E-state index in [1.807, 2.05) is 0 Å². The topological polar surface area (TPSA) is 141 Å². The summed E-state index contributed by atoms with van der Waals surface area (Å²) in [5.74, 6) is -0.364. The van der Waals surface area contributed by atoms with Crippen LogP contribution in [-0.4, -0.2) is 44.8 Å². The lowest BCUT2D eigenvalue weighted by atomic mass is 10.1. The second kappa shape index (κ2) is 10.2. The molecule has 0 heterocycles. The van der Waals surface area contributed by atoms with Gasteiger partial charge in [-0.05, 0) is 12.8 Å². The fourth-order valence-corrected chi connectivity index (χ4v) is 1.19. The van der Waals surface area contributed by atoms with Gasteiger partial charge in [0, 0.05) is 20.2 Å². The fourth-order valence-electron chi connectivity index (χ4n) is 1.19. The highest BCUT2D eigenvalue weighted by molar-refractivity contribution is 5.81. The Morgan fingerprint density at radius 3 is 2.72 bits per heavy atom. The quantitative estimate of drug-likeness (QED) is 0.260. The summed E-state index contributed by atoms with van der Waals surface area (Å²) in [5.41, 5.74) is 6.62. The largest absolute Gasteiger partial charge is 0.530 e. The fraction of sp³-hybridized carbons (Fsp3) is 0.778. The molecule has 1 atom stereocenters. The van der Waals surface area contributed by atoms with Gasteiger partial charge in [0.25, 0.3) is 5.91 Å². The molecule has 9 heteroatoms. The number of hydrogen-bond acceptors (Lipinski definition) is 6. The van der Waals surface area contributed by atoms with E-state index >= 15 is 0 Å². The number of amides is 2. The Kier molecular flexibility index (Phi) is 9.06. The summed E-state index contributed by atoms with van der Waals surface area (Å²) in [7, 11) is 1.51. The van der Waals surface area contributed by atoms with Gasteiger partial charge in [-0.1, -0.05) is 0 Å². The van der Waals surface area contributed by atoms with Crippen LogP contribution >= 0.6 is 0 Å². The zero-order chi connectivity index (χ0) is 13.8. The van der Waals surface area contributed by atoms with Gasteiger partial charge in [-0.25, -0.2) is 0 Å². The van der Waals surface area contributed by atoms with E-state index in [2.05, 4.69) is 20.7 Å². The van der Waals surface area contributed by atoms with Gasteiger partial charge in [0.15, 0.2) is 0 Å². The van der Waals surface area contributed by atoms with Crippen LogP contribution < -0.4 is 20.7 Å². The van der Waals surface area contributed by atoms with Crippen molar-refractivity contribution in [3.05, 3.63) is 0 Å². The lowest BCUT2D eigenvalue weighted by Crippen LogP contribution is -2.38. The molecule has 0 aromatic rings. The first kappa shape index (κ1) is 16.0. The number of carbonyl (C=O) groups excluding carboxylic acids is 2. The van der Waals surface area contributed by atoms with Crippen molar-refractivity contribution in [2.75, 3.05) is 26.8 Å². The number of nitrogens with one attached hydrogen (secondary N) is 3. The van der Waals surface area contributed by atoms with Gasteiger partial charge in [0.2, 0.25) is 11.0 Å². The average Bonchev–Trinajstić information content (AvgIpc) is 2.33. The third-order valence-corrected chi connectivity index (χ3v) is 2.03. The van der Waals surface area contributed by atoms with E-state index in [1.54, 1.807) is 0 Å².